The zero-order chi connectivity index (χ0) is 23.5. The van der Waals surface area contributed by atoms with Crippen molar-refractivity contribution in [2.45, 2.75) is 44.1 Å². The molecule has 1 amide bonds. The highest BCUT2D eigenvalue weighted by Gasteiger charge is 2.34. The molecule has 4 aromatic rings. The fraction of sp³-hybridized carbons (Fsp3) is 0.304. The van der Waals surface area contributed by atoms with Crippen molar-refractivity contribution in [3.05, 3.63) is 59.7 Å². The minimum absolute atomic E-state index is 0.00103. The van der Waals surface area contributed by atoms with Crippen LogP contribution in [0.25, 0.3) is 22.8 Å². The van der Waals surface area contributed by atoms with E-state index in [1.54, 1.807) is 18.5 Å². The molecule has 1 saturated carbocycles. The van der Waals surface area contributed by atoms with Gasteiger partial charge in [0.15, 0.2) is 11.0 Å². The Balaban J connectivity index is 1.27. The molecule has 0 spiro atoms. The molecule has 11 heteroatoms. The first-order chi connectivity index (χ1) is 16.6. The van der Waals surface area contributed by atoms with Crippen molar-refractivity contribution in [1.29, 1.82) is 0 Å². The number of nitrogens with zero attached hydrogens (tertiary/aromatic N) is 7. The van der Waals surface area contributed by atoms with Crippen molar-refractivity contribution < 1.29 is 9.21 Å². The van der Waals surface area contributed by atoms with Crippen LogP contribution in [0.3, 0.4) is 0 Å². The maximum atomic E-state index is 13.1. The lowest BCUT2D eigenvalue weighted by atomic mass is 10.2. The monoisotopic (exact) mass is 495 g/mol. The van der Waals surface area contributed by atoms with Gasteiger partial charge in [-0.15, -0.1) is 20.4 Å². The predicted octanol–water partition coefficient (Wildman–Crippen LogP) is 4.35. The van der Waals surface area contributed by atoms with E-state index in [-0.39, 0.29) is 24.2 Å². The molecule has 0 saturated heterocycles. The molecule has 9 nitrogen and oxygen atoms in total. The number of amides is 1. The smallest absolute Gasteiger partial charge is 0.249 e. The Hall–Kier alpha value is -3.24. The molecule has 1 aromatic carbocycles. The van der Waals surface area contributed by atoms with E-state index in [0.717, 1.165) is 24.2 Å². The summed E-state index contributed by atoms with van der Waals surface area (Å²) < 4.78 is 7.82. The molecule has 1 fully saturated rings. The zero-order valence-electron chi connectivity index (χ0n) is 18.5. The van der Waals surface area contributed by atoms with Crippen molar-refractivity contribution in [3.8, 4) is 22.8 Å². The molecule has 1 aliphatic rings. The molecule has 0 bridgehead atoms. The largest absolute Gasteiger partial charge is 0.419 e. The number of pyridine rings is 1. The lowest BCUT2D eigenvalue weighted by molar-refractivity contribution is -0.129. The third-order valence-electron chi connectivity index (χ3n) is 5.48. The Bertz CT molecular complexity index is 1290. The minimum atomic E-state index is 0.00103. The number of thioether (sulfide) groups is 1. The number of halogens is 1. The zero-order valence-corrected chi connectivity index (χ0v) is 20.0. The van der Waals surface area contributed by atoms with Crippen LogP contribution in [-0.2, 0) is 17.9 Å². The number of hydrogen-bond acceptors (Lipinski definition) is 8. The summed E-state index contributed by atoms with van der Waals surface area (Å²) in [5.74, 6) is 1.74. The highest BCUT2D eigenvalue weighted by Crippen LogP contribution is 2.31. The lowest BCUT2D eigenvalue weighted by Crippen LogP contribution is -2.34. The molecule has 0 N–H and O–H groups in total. The van der Waals surface area contributed by atoms with Crippen LogP contribution in [0.15, 0.2) is 58.4 Å². The van der Waals surface area contributed by atoms with Gasteiger partial charge in [0.2, 0.25) is 17.7 Å². The molecule has 0 atom stereocenters. The summed E-state index contributed by atoms with van der Waals surface area (Å²) >= 11 is 7.62. The first kappa shape index (κ1) is 22.5. The van der Waals surface area contributed by atoms with Crippen LogP contribution in [-0.4, -0.2) is 52.5 Å². The van der Waals surface area contributed by atoms with Gasteiger partial charge in [-0.2, -0.15) is 0 Å². The molecule has 5 rings (SSSR count). The predicted molar refractivity (Wildman–Crippen MR) is 128 cm³/mol. The van der Waals surface area contributed by atoms with Gasteiger partial charge in [-0.1, -0.05) is 35.5 Å². The van der Waals surface area contributed by atoms with Crippen LogP contribution >= 0.6 is 23.4 Å². The molecule has 0 radical (unpaired) electrons. The summed E-state index contributed by atoms with van der Waals surface area (Å²) in [5, 5.41) is 18.1. The average Bonchev–Trinajstić information content (AvgIpc) is 3.45. The van der Waals surface area contributed by atoms with Gasteiger partial charge in [0, 0.05) is 30.5 Å². The third kappa shape index (κ3) is 4.83. The second-order valence-electron chi connectivity index (χ2n) is 7.81. The summed E-state index contributed by atoms with van der Waals surface area (Å²) in [7, 11) is 0. The number of hydrogen-bond donors (Lipinski definition) is 0. The fourth-order valence-corrected chi connectivity index (χ4v) is 4.72. The van der Waals surface area contributed by atoms with E-state index >= 15 is 0 Å². The minimum Gasteiger partial charge on any atom is -0.419 e. The van der Waals surface area contributed by atoms with Crippen molar-refractivity contribution in [2.24, 2.45) is 0 Å². The van der Waals surface area contributed by atoms with E-state index in [4.69, 9.17) is 16.0 Å². The van der Waals surface area contributed by atoms with Crippen LogP contribution in [0.1, 0.15) is 25.7 Å². The number of benzene rings is 1. The highest BCUT2D eigenvalue weighted by molar-refractivity contribution is 7.99. The first-order valence-corrected chi connectivity index (χ1v) is 12.3. The van der Waals surface area contributed by atoms with Crippen LogP contribution < -0.4 is 0 Å². The molecule has 0 unspecified atom stereocenters. The van der Waals surface area contributed by atoms with E-state index in [1.807, 2.05) is 46.7 Å². The van der Waals surface area contributed by atoms with Crippen LogP contribution in [0.2, 0.25) is 5.02 Å². The van der Waals surface area contributed by atoms with Gasteiger partial charge in [0.1, 0.15) is 0 Å². The number of rotatable bonds is 9. The molecular formula is C23H22ClN7O2S. The van der Waals surface area contributed by atoms with Crippen molar-refractivity contribution in [2.75, 3.05) is 5.75 Å². The number of carbonyl (C=O) groups is 1. The van der Waals surface area contributed by atoms with Gasteiger partial charge in [0.05, 0.1) is 22.9 Å². The standard InChI is InChI=1S/C23H22ClN7O2S/c1-2-30-21(15-9-11-25-12-10-15)27-29-23(30)34-14-20(32)31(16-7-8-16)13-19-26-28-22(33-19)17-5-3-4-6-18(17)24/h3-6,9-12,16H,2,7-8,13-14H2,1H3. The second kappa shape index (κ2) is 9.94. The van der Waals surface area contributed by atoms with Gasteiger partial charge in [0.25, 0.3) is 0 Å². The Labute approximate surface area is 205 Å². The van der Waals surface area contributed by atoms with Gasteiger partial charge in [-0.05, 0) is 44.0 Å². The van der Waals surface area contributed by atoms with Crippen LogP contribution in [0.4, 0.5) is 0 Å². The van der Waals surface area contributed by atoms with Gasteiger partial charge in [-0.25, -0.2) is 0 Å². The molecule has 174 valence electrons. The van der Waals surface area contributed by atoms with Gasteiger partial charge >= 0.3 is 0 Å². The summed E-state index contributed by atoms with van der Waals surface area (Å²) in [6.45, 7) is 2.99. The molecule has 0 aliphatic heterocycles. The fourth-order valence-electron chi connectivity index (χ4n) is 3.62. The van der Waals surface area contributed by atoms with Gasteiger partial charge in [-0.3, -0.25) is 9.78 Å². The van der Waals surface area contributed by atoms with Crippen LogP contribution in [0.5, 0.6) is 0 Å². The molecule has 34 heavy (non-hydrogen) atoms. The van der Waals surface area contributed by atoms with Crippen molar-refractivity contribution in [1.82, 2.24) is 34.8 Å². The van der Waals surface area contributed by atoms with Crippen molar-refractivity contribution >= 4 is 29.3 Å². The van der Waals surface area contributed by atoms with Crippen molar-refractivity contribution in [3.63, 3.8) is 0 Å². The van der Waals surface area contributed by atoms with E-state index in [9.17, 15) is 4.79 Å². The summed E-state index contributed by atoms with van der Waals surface area (Å²) in [6, 6.07) is 11.3. The van der Waals surface area contributed by atoms with E-state index in [1.165, 1.54) is 11.8 Å². The number of aromatic nitrogens is 6. The average molecular weight is 496 g/mol. The SMILES string of the molecule is CCn1c(SCC(=O)N(Cc2nnc(-c3ccccc3Cl)o2)C2CC2)nnc1-c1ccncc1. The van der Waals surface area contributed by atoms with E-state index in [0.29, 0.717) is 34.1 Å². The Morgan fingerprint density at radius 2 is 1.94 bits per heavy atom. The molecule has 1 aliphatic carbocycles. The Kier molecular flexibility index (Phi) is 6.59. The molecule has 3 aromatic heterocycles. The summed E-state index contributed by atoms with van der Waals surface area (Å²) in [4.78, 5) is 19.0. The topological polar surface area (TPSA) is 103 Å². The lowest BCUT2D eigenvalue weighted by Gasteiger charge is -2.20. The number of carbonyl (C=O) groups excluding carboxylic acids is 1. The quantitative estimate of drug-likeness (QED) is 0.316. The van der Waals surface area contributed by atoms with Gasteiger partial charge < -0.3 is 13.9 Å². The Morgan fingerprint density at radius 3 is 2.68 bits per heavy atom. The second-order valence-corrected chi connectivity index (χ2v) is 9.16. The van der Waals surface area contributed by atoms with Crippen LogP contribution in [0, 0.1) is 0 Å². The normalized spacial score (nSPS) is 13.2. The summed E-state index contributed by atoms with van der Waals surface area (Å²) in [5.41, 5.74) is 1.61. The molecule has 3 heterocycles. The third-order valence-corrected chi connectivity index (χ3v) is 6.76. The Morgan fingerprint density at radius 1 is 1.15 bits per heavy atom. The summed E-state index contributed by atoms with van der Waals surface area (Å²) in [6.07, 6.45) is 5.39. The molecular weight excluding hydrogens is 474 g/mol. The first-order valence-electron chi connectivity index (χ1n) is 11.0. The van der Waals surface area contributed by atoms with E-state index < -0.39 is 0 Å². The van der Waals surface area contributed by atoms with E-state index in [2.05, 4.69) is 25.4 Å². The maximum Gasteiger partial charge on any atom is 0.249 e. The highest BCUT2D eigenvalue weighted by atomic mass is 35.5. The maximum absolute atomic E-state index is 13.1.